The second-order valence-corrected chi connectivity index (χ2v) is 15.4. The van der Waals surface area contributed by atoms with Crippen LogP contribution < -0.4 is 10.6 Å². The van der Waals surface area contributed by atoms with Gasteiger partial charge in [0.15, 0.2) is 0 Å². The molecule has 9 heteroatoms. The van der Waals surface area contributed by atoms with E-state index in [-0.39, 0.29) is 12.3 Å². The maximum Gasteiger partial charge on any atom is 0.408 e. The predicted molar refractivity (Wildman–Crippen MR) is 186 cm³/mol. The van der Waals surface area contributed by atoms with E-state index in [2.05, 4.69) is 10.6 Å². The molecule has 0 aliphatic carbocycles. The lowest BCUT2D eigenvalue weighted by Crippen LogP contribution is -2.61. The summed E-state index contributed by atoms with van der Waals surface area (Å²) in [5, 5.41) is 5.75. The van der Waals surface area contributed by atoms with Crippen LogP contribution in [0.15, 0.2) is 48.5 Å². The number of ether oxygens (including phenoxy) is 2. The van der Waals surface area contributed by atoms with Gasteiger partial charge in [-0.2, -0.15) is 0 Å². The number of benzene rings is 2. The van der Waals surface area contributed by atoms with Crippen molar-refractivity contribution in [1.82, 2.24) is 15.5 Å². The molecule has 0 aromatic heterocycles. The highest BCUT2D eigenvalue weighted by Crippen LogP contribution is 2.34. The molecule has 9 nitrogen and oxygen atoms in total. The van der Waals surface area contributed by atoms with Crippen LogP contribution in [0, 0.1) is 19.8 Å². The van der Waals surface area contributed by atoms with Crippen LogP contribution in [0.4, 0.5) is 4.79 Å². The van der Waals surface area contributed by atoms with Gasteiger partial charge >= 0.3 is 12.1 Å². The number of carbonyl (C=O) groups is 4. The van der Waals surface area contributed by atoms with E-state index in [0.29, 0.717) is 12.0 Å². The van der Waals surface area contributed by atoms with Gasteiger partial charge in [0.2, 0.25) is 11.8 Å². The Bertz CT molecular complexity index is 1370. The van der Waals surface area contributed by atoms with Crippen molar-refractivity contribution < 1.29 is 28.7 Å². The molecule has 3 amide bonds. The molecular formula is C38H57N3O6. The van der Waals surface area contributed by atoms with E-state index in [1.165, 1.54) is 0 Å². The van der Waals surface area contributed by atoms with Gasteiger partial charge < -0.3 is 25.0 Å². The maximum atomic E-state index is 14.8. The van der Waals surface area contributed by atoms with Gasteiger partial charge in [-0.05, 0) is 92.7 Å². The Balaban J connectivity index is 2.74. The van der Waals surface area contributed by atoms with Crippen molar-refractivity contribution in [2.24, 2.45) is 5.92 Å². The van der Waals surface area contributed by atoms with Crippen molar-refractivity contribution in [3.63, 3.8) is 0 Å². The van der Waals surface area contributed by atoms with Crippen LogP contribution >= 0.6 is 0 Å². The van der Waals surface area contributed by atoms with Crippen LogP contribution in [0.1, 0.15) is 111 Å². The molecule has 0 aliphatic heterocycles. The SMILES string of the molecule is CCC(C)(C)N(C(=O)C(NC(=O)OC(C)(C)C)C(C)C)C(C(=O)NC(Cc1ccccc1)C(=O)OC(C)(C)C)c1cc(C)cc(C)c1. The van der Waals surface area contributed by atoms with E-state index < -0.39 is 58.7 Å². The van der Waals surface area contributed by atoms with Gasteiger partial charge in [-0.25, -0.2) is 9.59 Å². The third-order valence-corrected chi connectivity index (χ3v) is 7.72. The molecule has 2 rings (SSSR count). The van der Waals surface area contributed by atoms with Gasteiger partial charge in [-0.15, -0.1) is 0 Å². The first-order valence-corrected chi connectivity index (χ1v) is 16.5. The van der Waals surface area contributed by atoms with Crippen molar-refractivity contribution in [2.45, 2.75) is 138 Å². The zero-order valence-corrected chi connectivity index (χ0v) is 30.7. The highest BCUT2D eigenvalue weighted by Gasteiger charge is 2.45. The summed E-state index contributed by atoms with van der Waals surface area (Å²) in [5.74, 6) is -1.88. The van der Waals surface area contributed by atoms with E-state index in [4.69, 9.17) is 9.47 Å². The highest BCUT2D eigenvalue weighted by atomic mass is 16.6. The number of esters is 1. The Morgan fingerprint density at radius 3 is 1.79 bits per heavy atom. The smallest absolute Gasteiger partial charge is 0.408 e. The number of nitrogens with one attached hydrogen (secondary N) is 2. The topological polar surface area (TPSA) is 114 Å². The fraction of sp³-hybridized carbons (Fsp3) is 0.579. The Morgan fingerprint density at radius 2 is 1.32 bits per heavy atom. The number of alkyl carbamates (subject to hydrolysis) is 1. The quantitative estimate of drug-likeness (QED) is 0.240. The molecule has 0 saturated heterocycles. The number of nitrogens with zero attached hydrogens (tertiary/aromatic N) is 1. The minimum Gasteiger partial charge on any atom is -0.458 e. The van der Waals surface area contributed by atoms with Crippen LogP contribution in [0.2, 0.25) is 0 Å². The summed E-state index contributed by atoms with van der Waals surface area (Å²) < 4.78 is 11.3. The third kappa shape index (κ3) is 12.0. The lowest BCUT2D eigenvalue weighted by molar-refractivity contribution is -0.159. The van der Waals surface area contributed by atoms with Crippen molar-refractivity contribution >= 4 is 23.9 Å². The molecule has 2 N–H and O–H groups in total. The highest BCUT2D eigenvalue weighted by molar-refractivity contribution is 5.94. The van der Waals surface area contributed by atoms with Gasteiger partial charge in [0.1, 0.15) is 29.3 Å². The molecule has 0 spiro atoms. The number of hydrogen-bond donors (Lipinski definition) is 2. The van der Waals surface area contributed by atoms with Crippen LogP contribution in [-0.4, -0.2) is 57.6 Å². The number of carbonyl (C=O) groups excluding carboxylic acids is 4. The van der Waals surface area contributed by atoms with E-state index in [0.717, 1.165) is 16.7 Å². The molecule has 3 unspecified atom stereocenters. The normalized spacial score (nSPS) is 14.1. The molecule has 0 heterocycles. The molecule has 2 aromatic rings. The minimum atomic E-state index is -1.14. The third-order valence-electron chi connectivity index (χ3n) is 7.72. The maximum absolute atomic E-state index is 14.8. The average molecular weight is 652 g/mol. The van der Waals surface area contributed by atoms with E-state index >= 15 is 0 Å². The second kappa shape index (κ2) is 15.8. The Hall–Kier alpha value is -3.88. The summed E-state index contributed by atoms with van der Waals surface area (Å²) in [6.45, 7) is 23.9. The summed E-state index contributed by atoms with van der Waals surface area (Å²) in [6.07, 6.45) is -0.0236. The molecule has 0 radical (unpaired) electrons. The molecule has 47 heavy (non-hydrogen) atoms. The Kier molecular flexibility index (Phi) is 13.2. The van der Waals surface area contributed by atoms with E-state index in [1.807, 2.05) is 97.0 Å². The predicted octanol–water partition coefficient (Wildman–Crippen LogP) is 6.98. The zero-order valence-electron chi connectivity index (χ0n) is 30.7. The van der Waals surface area contributed by atoms with Crippen molar-refractivity contribution in [3.8, 4) is 0 Å². The summed E-state index contributed by atoms with van der Waals surface area (Å²) in [7, 11) is 0. The monoisotopic (exact) mass is 651 g/mol. The van der Waals surface area contributed by atoms with Crippen LogP contribution in [-0.2, 0) is 30.3 Å². The fourth-order valence-corrected chi connectivity index (χ4v) is 5.30. The van der Waals surface area contributed by atoms with Gasteiger partial charge in [-0.3, -0.25) is 9.59 Å². The molecule has 0 fully saturated rings. The number of amides is 3. The fourth-order valence-electron chi connectivity index (χ4n) is 5.30. The van der Waals surface area contributed by atoms with Crippen molar-refractivity contribution in [3.05, 3.63) is 70.8 Å². The molecule has 0 bridgehead atoms. The summed E-state index contributed by atoms with van der Waals surface area (Å²) in [6, 6.07) is 12.0. The van der Waals surface area contributed by atoms with Crippen LogP contribution in [0.3, 0.4) is 0 Å². The van der Waals surface area contributed by atoms with Gasteiger partial charge in [0.05, 0.1) is 0 Å². The summed E-state index contributed by atoms with van der Waals surface area (Å²) >= 11 is 0. The molecule has 2 aromatic carbocycles. The summed E-state index contributed by atoms with van der Waals surface area (Å²) in [5.41, 5.74) is 0.869. The van der Waals surface area contributed by atoms with Crippen molar-refractivity contribution in [1.29, 1.82) is 0 Å². The Labute approximate surface area is 282 Å². The van der Waals surface area contributed by atoms with Crippen LogP contribution in [0.25, 0.3) is 0 Å². The van der Waals surface area contributed by atoms with Crippen molar-refractivity contribution in [2.75, 3.05) is 0 Å². The molecular weight excluding hydrogens is 594 g/mol. The first-order chi connectivity index (χ1) is 21.5. The molecule has 0 saturated carbocycles. The first-order valence-electron chi connectivity index (χ1n) is 16.5. The minimum absolute atomic E-state index is 0.195. The van der Waals surface area contributed by atoms with E-state index in [1.54, 1.807) is 46.4 Å². The first kappa shape index (κ1) is 39.3. The lowest BCUT2D eigenvalue weighted by Gasteiger charge is -2.45. The Morgan fingerprint density at radius 1 is 0.787 bits per heavy atom. The lowest BCUT2D eigenvalue weighted by atomic mass is 9.89. The number of rotatable bonds is 12. The average Bonchev–Trinajstić information content (AvgIpc) is 2.91. The molecule has 0 aliphatic rings. The molecule has 3 atom stereocenters. The largest absolute Gasteiger partial charge is 0.458 e. The number of hydrogen-bond acceptors (Lipinski definition) is 6. The number of aryl methyl sites for hydroxylation is 2. The van der Waals surface area contributed by atoms with Gasteiger partial charge in [0, 0.05) is 12.0 Å². The van der Waals surface area contributed by atoms with Crippen LogP contribution in [0.5, 0.6) is 0 Å². The van der Waals surface area contributed by atoms with Gasteiger partial charge in [0.25, 0.3) is 0 Å². The standard InChI is InChI=1S/C38H57N3O6/c1-14-38(12,13)41(33(43)30(24(2)3)40-35(45)47-37(9,10)11)31(28-21-25(4)20-26(5)22-28)32(42)39-29(34(44)46-36(6,7)8)23-27-18-16-15-17-19-27/h15-22,24,29-31H,14,23H2,1-13H3,(H,39,42)(H,40,45). The summed E-state index contributed by atoms with van der Waals surface area (Å²) in [4.78, 5) is 57.6. The van der Waals surface area contributed by atoms with E-state index in [9.17, 15) is 19.2 Å². The zero-order chi connectivity index (χ0) is 35.9. The second-order valence-electron chi connectivity index (χ2n) is 15.4. The molecule has 260 valence electrons. The van der Waals surface area contributed by atoms with Gasteiger partial charge in [-0.1, -0.05) is 80.4 Å².